The molecule has 0 saturated carbocycles. The summed E-state index contributed by atoms with van der Waals surface area (Å²) in [4.78, 5) is 7.75. The van der Waals surface area contributed by atoms with Crippen LogP contribution in [-0.2, 0) is 0 Å². The molecule has 0 fully saturated rings. The maximum absolute atomic E-state index is 5.83. The molecular weight excluding hydrogens is 242 g/mol. The van der Waals surface area contributed by atoms with Gasteiger partial charge in [-0.15, -0.1) is 0 Å². The number of anilines is 2. The fraction of sp³-hybridized carbons (Fsp3) is 0. The van der Waals surface area contributed by atoms with Crippen LogP contribution in [0.1, 0.15) is 0 Å². The Balaban J connectivity index is 2.26. The van der Waals surface area contributed by atoms with Gasteiger partial charge in [0.15, 0.2) is 0 Å². The lowest BCUT2D eigenvalue weighted by Gasteiger charge is -2.07. The third-order valence-corrected chi connectivity index (χ3v) is 2.12. The van der Waals surface area contributed by atoms with Crippen LogP contribution in [0, 0.1) is 0 Å². The highest BCUT2D eigenvalue weighted by molar-refractivity contribution is 6.30. The number of nitrogen functional groups attached to an aromatic ring is 2. The van der Waals surface area contributed by atoms with Crippen LogP contribution < -0.4 is 21.7 Å². The Bertz CT molecular complexity index is 534. The van der Waals surface area contributed by atoms with Crippen molar-refractivity contribution in [3.8, 4) is 11.6 Å². The van der Waals surface area contributed by atoms with Crippen LogP contribution in [0.25, 0.3) is 0 Å². The number of ether oxygens (including phenoxy) is 1. The van der Waals surface area contributed by atoms with Gasteiger partial charge in [-0.1, -0.05) is 17.7 Å². The minimum atomic E-state index is 0.0671. The molecule has 0 aliphatic carbocycles. The number of rotatable bonds is 3. The van der Waals surface area contributed by atoms with Gasteiger partial charge in [0.1, 0.15) is 11.6 Å². The molecule has 2 aromatic rings. The fourth-order valence-electron chi connectivity index (χ4n) is 1.22. The van der Waals surface area contributed by atoms with E-state index < -0.39 is 0 Å². The van der Waals surface area contributed by atoms with Gasteiger partial charge in [-0.2, -0.15) is 9.97 Å². The van der Waals surface area contributed by atoms with E-state index in [1.807, 2.05) is 0 Å². The molecule has 0 spiro atoms. The Morgan fingerprint density at radius 2 is 2.06 bits per heavy atom. The van der Waals surface area contributed by atoms with Gasteiger partial charge < -0.3 is 15.9 Å². The second-order valence-corrected chi connectivity index (χ2v) is 3.59. The first-order chi connectivity index (χ1) is 8.17. The van der Waals surface area contributed by atoms with E-state index in [1.165, 1.54) is 6.07 Å². The lowest BCUT2D eigenvalue weighted by atomic mass is 10.3. The van der Waals surface area contributed by atoms with E-state index in [2.05, 4.69) is 15.4 Å². The number of hydrogen-bond acceptors (Lipinski definition) is 6. The van der Waals surface area contributed by atoms with Gasteiger partial charge in [-0.25, -0.2) is 5.84 Å². The Kier molecular flexibility index (Phi) is 3.27. The summed E-state index contributed by atoms with van der Waals surface area (Å²) in [7, 11) is 0. The Morgan fingerprint density at radius 1 is 1.24 bits per heavy atom. The summed E-state index contributed by atoms with van der Waals surface area (Å²) in [5.74, 6) is 6.51. The predicted octanol–water partition coefficient (Wildman–Crippen LogP) is 1.79. The van der Waals surface area contributed by atoms with Crippen molar-refractivity contribution >= 4 is 23.4 Å². The second-order valence-electron chi connectivity index (χ2n) is 3.15. The van der Waals surface area contributed by atoms with Crippen LogP contribution in [0.2, 0.25) is 5.02 Å². The summed E-state index contributed by atoms with van der Waals surface area (Å²) in [5, 5.41) is 0.571. The minimum Gasteiger partial charge on any atom is -0.439 e. The van der Waals surface area contributed by atoms with Gasteiger partial charge in [0, 0.05) is 11.1 Å². The smallest absolute Gasteiger partial charge is 0.226 e. The number of halogens is 1. The van der Waals surface area contributed by atoms with Crippen molar-refractivity contribution in [3.63, 3.8) is 0 Å². The molecule has 88 valence electrons. The Morgan fingerprint density at radius 3 is 2.76 bits per heavy atom. The molecular formula is C10H10ClN5O. The highest BCUT2D eigenvalue weighted by Gasteiger charge is 2.04. The Hall–Kier alpha value is -2.05. The molecule has 1 aromatic carbocycles. The summed E-state index contributed by atoms with van der Waals surface area (Å²) in [6, 6.07) is 8.45. The zero-order valence-corrected chi connectivity index (χ0v) is 9.48. The van der Waals surface area contributed by atoms with Crippen molar-refractivity contribution in [2.45, 2.75) is 0 Å². The third kappa shape index (κ3) is 2.96. The van der Waals surface area contributed by atoms with Crippen LogP contribution in [0.3, 0.4) is 0 Å². The van der Waals surface area contributed by atoms with E-state index >= 15 is 0 Å². The van der Waals surface area contributed by atoms with Gasteiger partial charge in [0.2, 0.25) is 11.8 Å². The summed E-state index contributed by atoms with van der Waals surface area (Å²) in [6.45, 7) is 0. The molecule has 0 aliphatic rings. The van der Waals surface area contributed by atoms with Crippen LogP contribution in [0.4, 0.5) is 11.8 Å². The quantitative estimate of drug-likeness (QED) is 0.568. The van der Waals surface area contributed by atoms with E-state index in [0.29, 0.717) is 16.6 Å². The topological polar surface area (TPSA) is 99.1 Å². The molecule has 0 saturated heterocycles. The fourth-order valence-corrected chi connectivity index (χ4v) is 1.40. The van der Waals surface area contributed by atoms with E-state index in [-0.39, 0.29) is 11.8 Å². The van der Waals surface area contributed by atoms with Crippen molar-refractivity contribution in [2.24, 2.45) is 5.84 Å². The van der Waals surface area contributed by atoms with Crippen molar-refractivity contribution in [1.82, 2.24) is 9.97 Å². The van der Waals surface area contributed by atoms with Gasteiger partial charge >= 0.3 is 0 Å². The largest absolute Gasteiger partial charge is 0.439 e. The summed E-state index contributed by atoms with van der Waals surface area (Å²) in [6.07, 6.45) is 0. The number of nitrogens with one attached hydrogen (secondary N) is 1. The number of nitrogens with two attached hydrogens (primary N) is 2. The normalized spacial score (nSPS) is 10.0. The van der Waals surface area contributed by atoms with Gasteiger partial charge in [0.25, 0.3) is 0 Å². The molecule has 7 heteroatoms. The molecule has 0 radical (unpaired) electrons. The average molecular weight is 252 g/mol. The molecule has 1 aromatic heterocycles. The molecule has 1 heterocycles. The standard InChI is InChI=1S/C10H10ClN5O/c11-6-2-1-3-7(4-6)17-9-5-8(16-13)14-10(12)15-9/h1-5H,13H2,(H3,12,14,15,16). The molecule has 2 rings (SSSR count). The van der Waals surface area contributed by atoms with Crippen molar-refractivity contribution in [1.29, 1.82) is 0 Å². The number of aromatic nitrogens is 2. The van der Waals surface area contributed by atoms with Gasteiger partial charge in [0.05, 0.1) is 0 Å². The van der Waals surface area contributed by atoms with E-state index in [4.69, 9.17) is 27.9 Å². The SMILES string of the molecule is NNc1cc(Oc2cccc(Cl)c2)nc(N)n1. The zero-order valence-electron chi connectivity index (χ0n) is 8.72. The van der Waals surface area contributed by atoms with Gasteiger partial charge in [-0.3, -0.25) is 0 Å². The number of benzene rings is 1. The first-order valence-electron chi connectivity index (χ1n) is 4.72. The van der Waals surface area contributed by atoms with Crippen LogP contribution in [0.15, 0.2) is 30.3 Å². The first kappa shape index (κ1) is 11.4. The second kappa shape index (κ2) is 4.86. The van der Waals surface area contributed by atoms with E-state index in [1.54, 1.807) is 24.3 Å². The molecule has 17 heavy (non-hydrogen) atoms. The highest BCUT2D eigenvalue weighted by Crippen LogP contribution is 2.24. The molecule has 0 amide bonds. The summed E-state index contributed by atoms with van der Waals surface area (Å²) < 4.78 is 5.47. The van der Waals surface area contributed by atoms with E-state index in [0.717, 1.165) is 0 Å². The maximum atomic E-state index is 5.83. The van der Waals surface area contributed by atoms with Crippen molar-refractivity contribution in [2.75, 3.05) is 11.2 Å². The monoisotopic (exact) mass is 251 g/mol. The first-order valence-corrected chi connectivity index (χ1v) is 5.10. The lowest BCUT2D eigenvalue weighted by Crippen LogP contribution is -2.10. The molecule has 0 aliphatic heterocycles. The summed E-state index contributed by atoms with van der Waals surface area (Å²) in [5.41, 5.74) is 7.86. The third-order valence-electron chi connectivity index (χ3n) is 1.89. The number of hydrogen-bond donors (Lipinski definition) is 3. The lowest BCUT2D eigenvalue weighted by molar-refractivity contribution is 0.463. The molecule has 5 N–H and O–H groups in total. The van der Waals surface area contributed by atoms with Crippen molar-refractivity contribution < 1.29 is 4.74 Å². The number of nitrogens with zero attached hydrogens (tertiary/aromatic N) is 2. The average Bonchev–Trinajstić information content (AvgIpc) is 2.28. The number of hydrazine groups is 1. The highest BCUT2D eigenvalue weighted by atomic mass is 35.5. The molecule has 0 bridgehead atoms. The van der Waals surface area contributed by atoms with Crippen LogP contribution >= 0.6 is 11.6 Å². The van der Waals surface area contributed by atoms with Crippen molar-refractivity contribution in [3.05, 3.63) is 35.4 Å². The zero-order chi connectivity index (χ0) is 12.3. The Labute approximate surface area is 103 Å². The molecule has 0 atom stereocenters. The minimum absolute atomic E-state index is 0.0671. The van der Waals surface area contributed by atoms with Crippen LogP contribution in [-0.4, -0.2) is 9.97 Å². The predicted molar refractivity (Wildman–Crippen MR) is 65.8 cm³/mol. The maximum Gasteiger partial charge on any atom is 0.226 e. The summed E-state index contributed by atoms with van der Waals surface area (Å²) >= 11 is 5.83. The molecule has 0 unspecified atom stereocenters. The van der Waals surface area contributed by atoms with Crippen LogP contribution in [0.5, 0.6) is 11.6 Å². The van der Waals surface area contributed by atoms with Gasteiger partial charge in [-0.05, 0) is 18.2 Å². The van der Waals surface area contributed by atoms with E-state index in [9.17, 15) is 0 Å². The molecule has 6 nitrogen and oxygen atoms in total.